The molecule has 0 saturated carbocycles. The number of hydrogen-bond donors (Lipinski definition) is 2. The van der Waals surface area contributed by atoms with E-state index in [1.54, 1.807) is 13.2 Å². The predicted octanol–water partition coefficient (Wildman–Crippen LogP) is 3.34. The van der Waals surface area contributed by atoms with E-state index >= 15 is 0 Å². The van der Waals surface area contributed by atoms with Crippen LogP contribution in [-0.4, -0.2) is 28.0 Å². The number of carbonyl (C=O) groups excluding carboxylic acids is 1. The molecule has 0 aliphatic heterocycles. The molecule has 0 saturated heterocycles. The summed E-state index contributed by atoms with van der Waals surface area (Å²) in [6.45, 7) is 0. The van der Waals surface area contributed by atoms with Gasteiger partial charge in [0.05, 0.1) is 22.2 Å². The molecule has 0 fully saturated rings. The van der Waals surface area contributed by atoms with Crippen LogP contribution in [0.5, 0.6) is 5.75 Å². The lowest BCUT2D eigenvalue weighted by Crippen LogP contribution is -2.34. The number of nitrogens with one attached hydrogen (secondary N) is 2. The third-order valence-electron chi connectivity index (χ3n) is 3.38. The number of methoxy groups -OCH3 is 1. The average Bonchev–Trinajstić information content (AvgIpc) is 3.02. The van der Waals surface area contributed by atoms with Gasteiger partial charge in [0.25, 0.3) is 11.6 Å². The van der Waals surface area contributed by atoms with E-state index in [2.05, 4.69) is 15.6 Å². The average molecular weight is 388 g/mol. The first-order valence-electron chi connectivity index (χ1n) is 7.27. The standard InChI is InChI=1S/C16H12N4O4S2/c1-24-11-6-7-12-13(8-11)26-16(17-12)19-15(25)18-14(21)9-2-4-10(5-3-9)20(22)23/h2-8H,1H3,(H2,17,18,19,21,25). The van der Waals surface area contributed by atoms with Crippen molar-refractivity contribution >= 4 is 55.6 Å². The Kier molecular flexibility index (Phi) is 5.05. The maximum atomic E-state index is 12.1. The number of nitro groups is 1. The van der Waals surface area contributed by atoms with E-state index in [0.29, 0.717) is 5.13 Å². The smallest absolute Gasteiger partial charge is 0.269 e. The topological polar surface area (TPSA) is 106 Å². The van der Waals surface area contributed by atoms with E-state index in [0.717, 1.165) is 16.0 Å². The van der Waals surface area contributed by atoms with Gasteiger partial charge in [0.15, 0.2) is 10.2 Å². The number of rotatable bonds is 4. The summed E-state index contributed by atoms with van der Waals surface area (Å²) in [5.41, 5.74) is 0.948. The van der Waals surface area contributed by atoms with Crippen LogP contribution >= 0.6 is 23.6 Å². The van der Waals surface area contributed by atoms with Crippen molar-refractivity contribution in [2.75, 3.05) is 12.4 Å². The Morgan fingerprint density at radius 2 is 2.00 bits per heavy atom. The predicted molar refractivity (Wildman–Crippen MR) is 103 cm³/mol. The molecule has 26 heavy (non-hydrogen) atoms. The van der Waals surface area contributed by atoms with Crippen molar-refractivity contribution in [2.24, 2.45) is 0 Å². The monoisotopic (exact) mass is 388 g/mol. The lowest BCUT2D eigenvalue weighted by molar-refractivity contribution is -0.384. The van der Waals surface area contributed by atoms with Crippen molar-refractivity contribution < 1.29 is 14.5 Å². The number of amides is 1. The minimum atomic E-state index is -0.532. The van der Waals surface area contributed by atoms with Gasteiger partial charge in [-0.15, -0.1) is 0 Å². The summed E-state index contributed by atoms with van der Waals surface area (Å²) in [5.74, 6) is 0.252. The van der Waals surface area contributed by atoms with Crippen molar-refractivity contribution in [2.45, 2.75) is 0 Å². The molecule has 0 aliphatic carbocycles. The Labute approximate surface area is 157 Å². The van der Waals surface area contributed by atoms with E-state index in [-0.39, 0.29) is 16.4 Å². The second kappa shape index (κ2) is 7.42. The maximum Gasteiger partial charge on any atom is 0.269 e. The molecule has 0 atom stereocenters. The molecule has 0 aliphatic rings. The normalized spacial score (nSPS) is 10.3. The second-order valence-electron chi connectivity index (χ2n) is 5.06. The van der Waals surface area contributed by atoms with Crippen molar-refractivity contribution in [3.05, 3.63) is 58.1 Å². The minimum absolute atomic E-state index is 0.0828. The van der Waals surface area contributed by atoms with Crippen LogP contribution in [0.1, 0.15) is 10.4 Å². The third-order valence-corrected chi connectivity index (χ3v) is 4.52. The number of benzene rings is 2. The highest BCUT2D eigenvalue weighted by molar-refractivity contribution is 7.80. The second-order valence-corrected chi connectivity index (χ2v) is 6.50. The number of hydrogen-bond acceptors (Lipinski definition) is 7. The summed E-state index contributed by atoms with van der Waals surface area (Å²) < 4.78 is 6.08. The Morgan fingerprint density at radius 3 is 2.65 bits per heavy atom. The van der Waals surface area contributed by atoms with Gasteiger partial charge in [-0.2, -0.15) is 0 Å². The van der Waals surface area contributed by atoms with Crippen LogP contribution in [0.15, 0.2) is 42.5 Å². The van der Waals surface area contributed by atoms with Gasteiger partial charge >= 0.3 is 0 Å². The molecule has 3 rings (SSSR count). The molecular formula is C16H12N4O4S2. The van der Waals surface area contributed by atoms with Gasteiger partial charge in [0.1, 0.15) is 5.75 Å². The van der Waals surface area contributed by atoms with Gasteiger partial charge in [0.2, 0.25) is 0 Å². The van der Waals surface area contributed by atoms with Crippen LogP contribution in [0.3, 0.4) is 0 Å². The number of nitrogens with zero attached hydrogens (tertiary/aromatic N) is 2. The van der Waals surface area contributed by atoms with E-state index in [1.165, 1.54) is 35.6 Å². The van der Waals surface area contributed by atoms with Crippen molar-refractivity contribution in [3.63, 3.8) is 0 Å². The lowest BCUT2D eigenvalue weighted by atomic mass is 10.2. The van der Waals surface area contributed by atoms with Crippen molar-refractivity contribution in [1.82, 2.24) is 10.3 Å². The van der Waals surface area contributed by atoms with Crippen LogP contribution < -0.4 is 15.4 Å². The summed E-state index contributed by atoms with van der Waals surface area (Å²) in [6, 6.07) is 10.7. The largest absolute Gasteiger partial charge is 0.497 e. The highest BCUT2D eigenvalue weighted by atomic mass is 32.1. The Balaban J connectivity index is 1.66. The zero-order valence-corrected chi connectivity index (χ0v) is 15.0. The molecule has 132 valence electrons. The summed E-state index contributed by atoms with van der Waals surface area (Å²) in [5, 5.41) is 16.6. The molecule has 8 nitrogen and oxygen atoms in total. The summed E-state index contributed by atoms with van der Waals surface area (Å²) >= 11 is 6.49. The zero-order chi connectivity index (χ0) is 18.7. The van der Waals surface area contributed by atoms with E-state index in [4.69, 9.17) is 17.0 Å². The molecule has 1 heterocycles. The molecule has 0 spiro atoms. The van der Waals surface area contributed by atoms with Gasteiger partial charge < -0.3 is 10.1 Å². The summed E-state index contributed by atoms with van der Waals surface area (Å²) in [6.07, 6.45) is 0. The highest BCUT2D eigenvalue weighted by Gasteiger charge is 2.12. The molecule has 3 aromatic rings. The quantitative estimate of drug-likeness (QED) is 0.401. The Hall–Kier alpha value is -3.11. The van der Waals surface area contributed by atoms with Crippen molar-refractivity contribution in [3.8, 4) is 5.75 Å². The number of ether oxygens (including phenoxy) is 1. The fraction of sp³-hybridized carbons (Fsp3) is 0.0625. The van der Waals surface area contributed by atoms with Crippen LogP contribution in [0, 0.1) is 10.1 Å². The summed E-state index contributed by atoms with van der Waals surface area (Å²) in [4.78, 5) is 26.6. The number of non-ortho nitro benzene ring substituents is 1. The van der Waals surface area contributed by atoms with Crippen molar-refractivity contribution in [1.29, 1.82) is 0 Å². The van der Waals surface area contributed by atoms with Gasteiger partial charge in [-0.05, 0) is 42.5 Å². The van der Waals surface area contributed by atoms with E-state index < -0.39 is 10.8 Å². The number of nitro benzene ring substituents is 1. The SMILES string of the molecule is COc1ccc2nc(NC(=S)NC(=O)c3ccc([N+](=O)[O-])cc3)sc2c1. The number of fused-ring (bicyclic) bond motifs is 1. The molecule has 0 unspecified atom stereocenters. The number of anilines is 1. The maximum absolute atomic E-state index is 12.1. The van der Waals surface area contributed by atoms with Gasteiger partial charge in [-0.25, -0.2) is 4.98 Å². The first-order chi connectivity index (χ1) is 12.5. The van der Waals surface area contributed by atoms with Crippen LogP contribution in [0.2, 0.25) is 0 Å². The molecule has 2 aromatic carbocycles. The fourth-order valence-corrected chi connectivity index (χ4v) is 3.28. The molecule has 2 N–H and O–H groups in total. The lowest BCUT2D eigenvalue weighted by Gasteiger charge is -2.06. The highest BCUT2D eigenvalue weighted by Crippen LogP contribution is 2.29. The zero-order valence-electron chi connectivity index (χ0n) is 13.4. The molecule has 0 bridgehead atoms. The molecule has 0 radical (unpaired) electrons. The number of aromatic nitrogens is 1. The van der Waals surface area contributed by atoms with E-state index in [9.17, 15) is 14.9 Å². The Morgan fingerprint density at radius 1 is 1.27 bits per heavy atom. The first kappa shape index (κ1) is 17.7. The first-order valence-corrected chi connectivity index (χ1v) is 8.50. The number of thiazole rings is 1. The van der Waals surface area contributed by atoms with Gasteiger partial charge in [-0.1, -0.05) is 11.3 Å². The van der Waals surface area contributed by atoms with Gasteiger partial charge in [0, 0.05) is 17.7 Å². The Bertz CT molecular complexity index is 1000. The molecule has 10 heteroatoms. The number of carbonyl (C=O) groups is 1. The fourth-order valence-electron chi connectivity index (χ4n) is 2.12. The molecule has 1 amide bonds. The van der Waals surface area contributed by atoms with Crippen LogP contribution in [0.25, 0.3) is 10.2 Å². The minimum Gasteiger partial charge on any atom is -0.497 e. The van der Waals surface area contributed by atoms with Gasteiger partial charge in [-0.3, -0.25) is 20.2 Å². The van der Waals surface area contributed by atoms with Crippen LogP contribution in [0.4, 0.5) is 10.8 Å². The third kappa shape index (κ3) is 3.92. The van der Waals surface area contributed by atoms with E-state index in [1.807, 2.05) is 12.1 Å². The number of thiocarbonyl (C=S) groups is 1. The molecular weight excluding hydrogens is 376 g/mol. The summed E-state index contributed by atoms with van der Waals surface area (Å²) in [7, 11) is 1.59. The molecule has 1 aromatic heterocycles. The van der Waals surface area contributed by atoms with Crippen LogP contribution in [-0.2, 0) is 0 Å².